The Morgan fingerprint density at radius 2 is 2.00 bits per heavy atom. The molecular formula is C12H10ClN5O. The van der Waals surface area contributed by atoms with Crippen LogP contribution < -0.4 is 5.49 Å². The standard InChI is InChI=1S/C12H10ClN5O/c13-9-4-2-1-3-8(9)5-17-6-15-10-11(14)18(19)7-16-12(10)17/h1-4,6-7,14,19H,5H2. The van der Waals surface area contributed by atoms with E-state index in [1.165, 1.54) is 6.33 Å². The van der Waals surface area contributed by atoms with Crippen LogP contribution >= 0.6 is 11.6 Å². The number of hydrogen-bond acceptors (Lipinski definition) is 4. The highest BCUT2D eigenvalue weighted by atomic mass is 35.5. The van der Waals surface area contributed by atoms with Crippen molar-refractivity contribution in [1.82, 2.24) is 19.3 Å². The minimum atomic E-state index is -0.0945. The molecule has 6 nitrogen and oxygen atoms in total. The first kappa shape index (κ1) is 11.7. The lowest BCUT2D eigenvalue weighted by molar-refractivity contribution is 0.168. The molecule has 0 saturated heterocycles. The highest BCUT2D eigenvalue weighted by Crippen LogP contribution is 2.17. The van der Waals surface area contributed by atoms with Crippen molar-refractivity contribution >= 4 is 22.8 Å². The molecule has 2 heterocycles. The predicted molar refractivity (Wildman–Crippen MR) is 69.1 cm³/mol. The van der Waals surface area contributed by atoms with Crippen molar-refractivity contribution in [3.05, 3.63) is 53.0 Å². The topological polar surface area (TPSA) is 79.7 Å². The average molecular weight is 276 g/mol. The number of nitrogens with one attached hydrogen (secondary N) is 1. The van der Waals surface area contributed by atoms with E-state index in [-0.39, 0.29) is 5.49 Å². The summed E-state index contributed by atoms with van der Waals surface area (Å²) in [6, 6.07) is 7.52. The number of imidazole rings is 1. The molecule has 0 radical (unpaired) electrons. The van der Waals surface area contributed by atoms with E-state index in [0.717, 1.165) is 5.56 Å². The summed E-state index contributed by atoms with van der Waals surface area (Å²) < 4.78 is 2.42. The van der Waals surface area contributed by atoms with Crippen LogP contribution in [0.5, 0.6) is 0 Å². The summed E-state index contributed by atoms with van der Waals surface area (Å²) in [5, 5.41) is 17.7. The van der Waals surface area contributed by atoms with Crippen molar-refractivity contribution in [2.75, 3.05) is 0 Å². The minimum absolute atomic E-state index is 0.0945. The van der Waals surface area contributed by atoms with Gasteiger partial charge in [0.25, 0.3) is 0 Å². The molecule has 1 aromatic carbocycles. The fourth-order valence-corrected chi connectivity index (χ4v) is 2.08. The summed E-state index contributed by atoms with van der Waals surface area (Å²) in [7, 11) is 0. The lowest BCUT2D eigenvalue weighted by Crippen LogP contribution is -2.18. The second kappa shape index (κ2) is 4.40. The fourth-order valence-electron chi connectivity index (χ4n) is 1.88. The molecule has 0 aliphatic carbocycles. The molecular weight excluding hydrogens is 266 g/mol. The molecule has 0 amide bonds. The van der Waals surface area contributed by atoms with Crippen LogP contribution in [0.2, 0.25) is 5.02 Å². The zero-order valence-electron chi connectivity index (χ0n) is 9.79. The van der Waals surface area contributed by atoms with Gasteiger partial charge in [-0.25, -0.2) is 9.97 Å². The van der Waals surface area contributed by atoms with E-state index in [1.54, 1.807) is 10.9 Å². The first-order valence-electron chi connectivity index (χ1n) is 5.56. The molecule has 2 aromatic heterocycles. The van der Waals surface area contributed by atoms with Gasteiger partial charge in [0.15, 0.2) is 16.7 Å². The van der Waals surface area contributed by atoms with Gasteiger partial charge in [-0.3, -0.25) is 5.41 Å². The summed E-state index contributed by atoms with van der Waals surface area (Å²) >= 11 is 6.11. The monoisotopic (exact) mass is 275 g/mol. The molecule has 96 valence electrons. The third-order valence-electron chi connectivity index (χ3n) is 2.85. The Morgan fingerprint density at radius 3 is 2.79 bits per heavy atom. The number of halogens is 1. The third-order valence-corrected chi connectivity index (χ3v) is 3.22. The normalized spacial score (nSPS) is 11.0. The Hall–Kier alpha value is -2.34. The number of aromatic nitrogens is 4. The van der Waals surface area contributed by atoms with Crippen LogP contribution in [-0.4, -0.2) is 24.5 Å². The molecule has 0 bridgehead atoms. The van der Waals surface area contributed by atoms with Gasteiger partial charge in [-0.2, -0.15) is 4.73 Å². The van der Waals surface area contributed by atoms with E-state index in [1.807, 2.05) is 24.3 Å². The zero-order chi connectivity index (χ0) is 13.4. The maximum atomic E-state index is 9.36. The number of fused-ring (bicyclic) bond motifs is 1. The van der Waals surface area contributed by atoms with Gasteiger partial charge in [0.1, 0.15) is 6.33 Å². The first-order chi connectivity index (χ1) is 9.16. The molecule has 3 aromatic rings. The Balaban J connectivity index is 2.10. The van der Waals surface area contributed by atoms with E-state index in [9.17, 15) is 5.21 Å². The number of nitrogens with zero attached hydrogens (tertiary/aromatic N) is 4. The summed E-state index contributed by atoms with van der Waals surface area (Å²) in [5.41, 5.74) is 1.73. The molecule has 3 rings (SSSR count). The largest absolute Gasteiger partial charge is 0.425 e. The summed E-state index contributed by atoms with van der Waals surface area (Å²) in [6.07, 6.45) is 2.76. The molecule has 0 saturated carbocycles. The van der Waals surface area contributed by atoms with Gasteiger partial charge in [-0.15, -0.1) is 0 Å². The predicted octanol–water partition coefficient (Wildman–Crippen LogP) is 1.65. The van der Waals surface area contributed by atoms with Crippen molar-refractivity contribution in [3.63, 3.8) is 0 Å². The maximum absolute atomic E-state index is 9.36. The van der Waals surface area contributed by atoms with Crippen LogP contribution in [0.1, 0.15) is 5.56 Å². The number of hydrogen-bond donors (Lipinski definition) is 2. The molecule has 7 heteroatoms. The second-order valence-electron chi connectivity index (χ2n) is 4.07. The van der Waals surface area contributed by atoms with Crippen molar-refractivity contribution < 1.29 is 5.21 Å². The van der Waals surface area contributed by atoms with Crippen LogP contribution in [0.15, 0.2) is 36.9 Å². The van der Waals surface area contributed by atoms with Crippen molar-refractivity contribution in [3.8, 4) is 0 Å². The van der Waals surface area contributed by atoms with Crippen LogP contribution in [-0.2, 0) is 6.54 Å². The Kier molecular flexibility index (Phi) is 2.72. The second-order valence-corrected chi connectivity index (χ2v) is 4.48. The zero-order valence-corrected chi connectivity index (χ0v) is 10.5. The van der Waals surface area contributed by atoms with E-state index < -0.39 is 0 Å². The van der Waals surface area contributed by atoms with Gasteiger partial charge < -0.3 is 9.77 Å². The SMILES string of the molecule is N=c1c2ncn(Cc3ccccc3Cl)c2ncn1O. The van der Waals surface area contributed by atoms with Crippen LogP contribution in [0, 0.1) is 5.41 Å². The molecule has 0 fully saturated rings. The molecule has 0 atom stereocenters. The summed E-state index contributed by atoms with van der Waals surface area (Å²) in [4.78, 5) is 8.17. The Morgan fingerprint density at radius 1 is 1.21 bits per heavy atom. The van der Waals surface area contributed by atoms with Gasteiger partial charge in [0.2, 0.25) is 0 Å². The highest BCUT2D eigenvalue weighted by molar-refractivity contribution is 6.31. The summed E-state index contributed by atoms with van der Waals surface area (Å²) in [5.74, 6) is 0. The molecule has 19 heavy (non-hydrogen) atoms. The van der Waals surface area contributed by atoms with E-state index in [2.05, 4.69) is 9.97 Å². The van der Waals surface area contributed by atoms with Crippen molar-refractivity contribution in [1.29, 1.82) is 5.41 Å². The lowest BCUT2D eigenvalue weighted by atomic mass is 10.2. The third kappa shape index (κ3) is 1.96. The molecule has 0 aliphatic heterocycles. The van der Waals surface area contributed by atoms with Gasteiger partial charge in [-0.1, -0.05) is 29.8 Å². The van der Waals surface area contributed by atoms with Crippen LogP contribution in [0.4, 0.5) is 0 Å². The van der Waals surface area contributed by atoms with E-state index in [0.29, 0.717) is 27.5 Å². The highest BCUT2D eigenvalue weighted by Gasteiger charge is 2.09. The van der Waals surface area contributed by atoms with Crippen LogP contribution in [0.3, 0.4) is 0 Å². The minimum Gasteiger partial charge on any atom is -0.425 e. The van der Waals surface area contributed by atoms with Gasteiger partial charge in [0.05, 0.1) is 12.9 Å². The van der Waals surface area contributed by atoms with Crippen molar-refractivity contribution in [2.24, 2.45) is 0 Å². The van der Waals surface area contributed by atoms with Crippen LogP contribution in [0.25, 0.3) is 11.2 Å². The first-order valence-corrected chi connectivity index (χ1v) is 5.94. The average Bonchev–Trinajstić information content (AvgIpc) is 2.81. The maximum Gasteiger partial charge on any atom is 0.192 e. The smallest absolute Gasteiger partial charge is 0.192 e. The quantitative estimate of drug-likeness (QED) is 0.698. The molecule has 0 aliphatic rings. The lowest BCUT2D eigenvalue weighted by Gasteiger charge is -2.06. The molecule has 0 spiro atoms. The van der Waals surface area contributed by atoms with Gasteiger partial charge >= 0.3 is 0 Å². The number of benzene rings is 1. The number of rotatable bonds is 2. The fraction of sp³-hybridized carbons (Fsp3) is 0.0833. The molecule has 0 unspecified atom stereocenters. The summed E-state index contributed by atoms with van der Waals surface area (Å²) in [6.45, 7) is 0.512. The Labute approximate surface area is 113 Å². The van der Waals surface area contributed by atoms with E-state index in [4.69, 9.17) is 17.0 Å². The van der Waals surface area contributed by atoms with Gasteiger partial charge in [-0.05, 0) is 11.6 Å². The van der Waals surface area contributed by atoms with Gasteiger partial charge in [0, 0.05) is 5.02 Å². The Bertz CT molecular complexity index is 807. The van der Waals surface area contributed by atoms with E-state index >= 15 is 0 Å². The van der Waals surface area contributed by atoms with Crippen molar-refractivity contribution in [2.45, 2.75) is 6.54 Å². The molecule has 2 N–H and O–H groups in total.